The first-order chi connectivity index (χ1) is 20.6. The Bertz CT molecular complexity index is 1770. The SMILES string of the molecule is CO/N=C(\C)c1ccc(Cl)c(-c2cccc(NC(=O)[C@@H]3C[C@@H](F)CN3C(=O)Cn3nc(C(N)=O)c4ccccc43)c2F)c1. The van der Waals surface area contributed by atoms with Crippen molar-refractivity contribution in [1.29, 1.82) is 0 Å². The maximum atomic E-state index is 15.8. The largest absolute Gasteiger partial charge is 0.399 e. The number of oxime groups is 1. The normalized spacial score (nSPS) is 16.9. The van der Waals surface area contributed by atoms with Gasteiger partial charge >= 0.3 is 0 Å². The maximum absolute atomic E-state index is 15.8. The summed E-state index contributed by atoms with van der Waals surface area (Å²) in [4.78, 5) is 44.4. The molecule has 10 nitrogen and oxygen atoms in total. The first-order valence-electron chi connectivity index (χ1n) is 13.2. The number of primary amides is 1. The summed E-state index contributed by atoms with van der Waals surface area (Å²) in [6.45, 7) is 1.03. The van der Waals surface area contributed by atoms with E-state index in [-0.39, 0.29) is 41.5 Å². The van der Waals surface area contributed by atoms with Gasteiger partial charge in [0.05, 0.1) is 23.5 Å². The number of benzene rings is 3. The van der Waals surface area contributed by atoms with Gasteiger partial charge in [0.25, 0.3) is 5.91 Å². The fourth-order valence-electron chi connectivity index (χ4n) is 5.16. The van der Waals surface area contributed by atoms with E-state index in [1.165, 1.54) is 23.9 Å². The molecule has 0 radical (unpaired) electrons. The molecule has 1 aliphatic rings. The minimum absolute atomic E-state index is 0.00961. The number of halogens is 3. The number of carbonyl (C=O) groups excluding carboxylic acids is 3. The van der Waals surface area contributed by atoms with Crippen LogP contribution in [0.3, 0.4) is 0 Å². The smallest absolute Gasteiger partial charge is 0.269 e. The molecule has 0 spiro atoms. The van der Waals surface area contributed by atoms with E-state index < -0.39 is 35.8 Å². The first kappa shape index (κ1) is 29.6. The number of para-hydroxylation sites is 1. The van der Waals surface area contributed by atoms with Crippen LogP contribution in [0.25, 0.3) is 22.0 Å². The minimum atomic E-state index is -1.47. The number of hydrogen-bond acceptors (Lipinski definition) is 6. The van der Waals surface area contributed by atoms with Crippen LogP contribution in [0.4, 0.5) is 14.5 Å². The highest BCUT2D eigenvalue weighted by atomic mass is 35.5. The van der Waals surface area contributed by atoms with Gasteiger partial charge in [-0.3, -0.25) is 19.1 Å². The number of hydrogen-bond donors (Lipinski definition) is 2. The number of amides is 3. The van der Waals surface area contributed by atoms with Crippen LogP contribution >= 0.6 is 11.6 Å². The Morgan fingerprint density at radius 1 is 1.14 bits per heavy atom. The molecule has 3 amide bonds. The van der Waals surface area contributed by atoms with Crippen molar-refractivity contribution in [1.82, 2.24) is 14.7 Å². The van der Waals surface area contributed by atoms with Crippen molar-refractivity contribution < 1.29 is 28.0 Å². The topological polar surface area (TPSA) is 132 Å². The van der Waals surface area contributed by atoms with Crippen molar-refractivity contribution in [2.75, 3.05) is 19.0 Å². The Kier molecular flexibility index (Phi) is 8.40. The van der Waals surface area contributed by atoms with Crippen LogP contribution in [0.2, 0.25) is 5.02 Å². The van der Waals surface area contributed by atoms with E-state index >= 15 is 4.39 Å². The van der Waals surface area contributed by atoms with Crippen LogP contribution in [-0.2, 0) is 21.0 Å². The lowest BCUT2D eigenvalue weighted by Crippen LogP contribution is -2.44. The minimum Gasteiger partial charge on any atom is -0.399 e. The van der Waals surface area contributed by atoms with Crippen LogP contribution in [0.1, 0.15) is 29.4 Å². The molecule has 13 heteroatoms. The van der Waals surface area contributed by atoms with Gasteiger partial charge in [-0.1, -0.05) is 53.2 Å². The summed E-state index contributed by atoms with van der Waals surface area (Å²) in [5, 5.41) is 11.3. The van der Waals surface area contributed by atoms with Gasteiger partial charge in [0.15, 0.2) is 11.5 Å². The van der Waals surface area contributed by atoms with Crippen LogP contribution in [0.5, 0.6) is 0 Å². The van der Waals surface area contributed by atoms with Gasteiger partial charge in [-0.25, -0.2) is 8.78 Å². The van der Waals surface area contributed by atoms with E-state index in [1.807, 2.05) is 0 Å². The van der Waals surface area contributed by atoms with E-state index in [2.05, 4.69) is 15.6 Å². The van der Waals surface area contributed by atoms with E-state index in [4.69, 9.17) is 22.2 Å². The Hall–Kier alpha value is -4.84. The maximum Gasteiger partial charge on any atom is 0.269 e. The van der Waals surface area contributed by atoms with Gasteiger partial charge in [-0.15, -0.1) is 0 Å². The third-order valence-corrected chi connectivity index (χ3v) is 7.54. The molecule has 222 valence electrons. The average molecular weight is 609 g/mol. The summed E-state index contributed by atoms with van der Waals surface area (Å²) in [6, 6.07) is 14.9. The predicted octanol–water partition coefficient (Wildman–Crippen LogP) is 4.54. The molecule has 0 bridgehead atoms. The number of carbonyl (C=O) groups is 3. The number of nitrogens with zero attached hydrogens (tertiary/aromatic N) is 4. The zero-order valence-electron chi connectivity index (χ0n) is 23.2. The fourth-order valence-corrected chi connectivity index (χ4v) is 5.38. The number of nitrogens with two attached hydrogens (primary N) is 1. The number of fused-ring (bicyclic) bond motifs is 1. The summed E-state index contributed by atoms with van der Waals surface area (Å²) in [5.74, 6) is -2.88. The molecule has 1 aliphatic heterocycles. The fraction of sp³-hybridized carbons (Fsp3) is 0.233. The molecule has 4 aromatic rings. The second-order valence-corrected chi connectivity index (χ2v) is 10.4. The van der Waals surface area contributed by atoms with E-state index in [0.717, 1.165) is 4.90 Å². The van der Waals surface area contributed by atoms with Gasteiger partial charge in [0.2, 0.25) is 11.8 Å². The second-order valence-electron chi connectivity index (χ2n) is 9.99. The second kappa shape index (κ2) is 12.2. The standard InChI is InChI=1S/C30H27ClF2N6O4/c1-16(37-43-2)17-10-11-22(31)21(12-17)19-7-5-8-23(27(19)33)35-30(42)25-13-18(32)14-38(25)26(40)15-39-24-9-4-3-6-20(24)28(36-39)29(34)41/h3-12,18,25H,13-15H2,1-2H3,(H2,34,41)(H,35,42)/b37-16+/t18-,25+/m1/s1. The first-order valence-corrected chi connectivity index (χ1v) is 13.6. The zero-order valence-corrected chi connectivity index (χ0v) is 23.9. The molecule has 1 aromatic heterocycles. The van der Waals surface area contributed by atoms with Crippen LogP contribution in [0, 0.1) is 5.82 Å². The molecule has 3 aromatic carbocycles. The predicted molar refractivity (Wildman–Crippen MR) is 158 cm³/mol. The molecule has 0 unspecified atom stereocenters. The lowest BCUT2D eigenvalue weighted by atomic mass is 10.00. The van der Waals surface area contributed by atoms with Gasteiger partial charge < -0.3 is 20.8 Å². The molecular formula is C30H27ClF2N6O4. The highest BCUT2D eigenvalue weighted by molar-refractivity contribution is 6.33. The Morgan fingerprint density at radius 2 is 1.91 bits per heavy atom. The number of anilines is 1. The molecule has 1 saturated heterocycles. The van der Waals surface area contributed by atoms with Crippen molar-refractivity contribution in [2.45, 2.75) is 32.1 Å². The van der Waals surface area contributed by atoms with Gasteiger partial charge in [-0.05, 0) is 36.8 Å². The molecule has 5 rings (SSSR count). The lowest BCUT2D eigenvalue weighted by Gasteiger charge is -2.24. The van der Waals surface area contributed by atoms with Crippen molar-refractivity contribution in [2.24, 2.45) is 10.9 Å². The third kappa shape index (κ3) is 5.91. The van der Waals surface area contributed by atoms with Crippen molar-refractivity contribution in [3.63, 3.8) is 0 Å². The molecule has 0 aliphatic carbocycles. The average Bonchev–Trinajstić information content (AvgIpc) is 3.56. The summed E-state index contributed by atoms with van der Waals surface area (Å²) in [6.07, 6.45) is -1.73. The number of likely N-dealkylation sites (tertiary alicyclic amines) is 1. The zero-order chi connectivity index (χ0) is 30.8. The Balaban J connectivity index is 1.38. The summed E-state index contributed by atoms with van der Waals surface area (Å²) >= 11 is 6.39. The van der Waals surface area contributed by atoms with E-state index in [1.54, 1.807) is 55.5 Å². The Labute approximate surface area is 250 Å². The lowest BCUT2D eigenvalue weighted by molar-refractivity contribution is -0.137. The highest BCUT2D eigenvalue weighted by Gasteiger charge is 2.40. The molecule has 2 atom stereocenters. The molecular weight excluding hydrogens is 582 g/mol. The number of aromatic nitrogens is 2. The van der Waals surface area contributed by atoms with Crippen molar-refractivity contribution in [3.8, 4) is 11.1 Å². The van der Waals surface area contributed by atoms with Gasteiger partial charge in [0, 0.05) is 28.0 Å². The van der Waals surface area contributed by atoms with E-state index in [0.29, 0.717) is 27.7 Å². The summed E-state index contributed by atoms with van der Waals surface area (Å²) in [7, 11) is 1.41. The monoisotopic (exact) mass is 608 g/mol. The molecule has 2 heterocycles. The summed E-state index contributed by atoms with van der Waals surface area (Å²) < 4.78 is 31.6. The van der Waals surface area contributed by atoms with Gasteiger partial charge in [-0.2, -0.15) is 5.10 Å². The molecule has 0 saturated carbocycles. The van der Waals surface area contributed by atoms with Crippen LogP contribution in [0.15, 0.2) is 65.8 Å². The van der Waals surface area contributed by atoms with Crippen molar-refractivity contribution >= 4 is 51.6 Å². The van der Waals surface area contributed by atoms with Crippen LogP contribution < -0.4 is 11.1 Å². The summed E-state index contributed by atoms with van der Waals surface area (Å²) in [5.41, 5.74) is 7.43. The number of rotatable bonds is 8. The third-order valence-electron chi connectivity index (χ3n) is 7.21. The van der Waals surface area contributed by atoms with Crippen molar-refractivity contribution in [3.05, 3.63) is 82.8 Å². The molecule has 3 N–H and O–H groups in total. The van der Waals surface area contributed by atoms with Crippen LogP contribution in [-0.4, -0.2) is 64.0 Å². The quantitative estimate of drug-likeness (QED) is 0.224. The molecule has 1 fully saturated rings. The van der Waals surface area contributed by atoms with E-state index in [9.17, 15) is 18.8 Å². The number of alkyl halides is 1. The number of nitrogens with one attached hydrogen (secondary N) is 1. The highest BCUT2D eigenvalue weighted by Crippen LogP contribution is 2.34. The molecule has 43 heavy (non-hydrogen) atoms. The Morgan fingerprint density at radius 3 is 2.65 bits per heavy atom. The van der Waals surface area contributed by atoms with Gasteiger partial charge in [0.1, 0.15) is 25.9 Å².